The Morgan fingerprint density at radius 2 is 1.78 bits per heavy atom. The van der Waals surface area contributed by atoms with Gasteiger partial charge in [0, 0.05) is 16.3 Å². The van der Waals surface area contributed by atoms with Crippen molar-refractivity contribution in [2.24, 2.45) is 4.99 Å². The topological polar surface area (TPSA) is 45.7 Å². The molecule has 0 saturated carbocycles. The summed E-state index contributed by atoms with van der Waals surface area (Å²) in [5.74, 6) is 0.723. The molecule has 1 aromatic carbocycles. The van der Waals surface area contributed by atoms with E-state index in [9.17, 15) is 13.2 Å². The Morgan fingerprint density at radius 3 is 2.37 bits per heavy atom. The van der Waals surface area contributed by atoms with Gasteiger partial charge in [0.05, 0.1) is 19.7 Å². The number of nitrogens with zero attached hydrogens (tertiary/aromatic N) is 1. The minimum atomic E-state index is -4.30. The molecular weight excluding hydrogens is 375 g/mol. The Bertz CT molecular complexity index is 727. The van der Waals surface area contributed by atoms with Gasteiger partial charge in [0.1, 0.15) is 6.61 Å². The monoisotopic (exact) mass is 399 g/mol. The van der Waals surface area contributed by atoms with Crippen molar-refractivity contribution in [1.82, 2.24) is 10.6 Å². The third-order valence-electron chi connectivity index (χ3n) is 3.55. The number of halogens is 3. The first-order valence-corrected chi connectivity index (χ1v) is 9.47. The van der Waals surface area contributed by atoms with E-state index >= 15 is 0 Å². The Kier molecular flexibility index (Phi) is 8.12. The number of hydrogen-bond donors (Lipinski definition) is 2. The second-order valence-corrected chi connectivity index (χ2v) is 7.36. The number of nitrogens with one attached hydrogen (secondary N) is 2. The fraction of sp³-hybridized carbons (Fsp3) is 0.421. The fourth-order valence-electron chi connectivity index (χ4n) is 2.29. The van der Waals surface area contributed by atoms with Gasteiger partial charge in [-0.2, -0.15) is 13.2 Å². The number of aliphatic imine (C=N–C) groups is 1. The fourth-order valence-corrected chi connectivity index (χ4v) is 3.12. The van der Waals surface area contributed by atoms with E-state index < -0.39 is 12.8 Å². The number of aryl methyl sites for hydroxylation is 1. The second kappa shape index (κ2) is 10.3. The number of guanidine groups is 1. The van der Waals surface area contributed by atoms with Gasteiger partial charge in [-0.15, -0.1) is 11.3 Å². The number of ether oxygens (including phenoxy) is 1. The third-order valence-corrected chi connectivity index (χ3v) is 4.55. The standard InChI is InChI=1S/C19H24F3N3OS/c1-3-23-18(25-11-17-9-4-14(2)27-17)24-10-15-5-7-16(8-6-15)12-26-13-19(20,21)22/h4-9H,3,10-13H2,1-2H3,(H2,23,24,25). The molecule has 0 atom stereocenters. The maximum absolute atomic E-state index is 12.1. The molecule has 8 heteroatoms. The van der Waals surface area contributed by atoms with Crippen LogP contribution < -0.4 is 10.6 Å². The van der Waals surface area contributed by atoms with Crippen LogP contribution in [0, 0.1) is 6.92 Å². The summed E-state index contributed by atoms with van der Waals surface area (Å²) in [6.45, 7) is 4.72. The van der Waals surface area contributed by atoms with Crippen molar-refractivity contribution in [3.05, 3.63) is 57.3 Å². The zero-order valence-electron chi connectivity index (χ0n) is 15.4. The predicted molar refractivity (Wildman–Crippen MR) is 103 cm³/mol. The molecule has 1 heterocycles. The summed E-state index contributed by atoms with van der Waals surface area (Å²) in [6.07, 6.45) is -4.30. The van der Waals surface area contributed by atoms with Gasteiger partial charge in [0.25, 0.3) is 0 Å². The molecule has 0 aliphatic heterocycles. The van der Waals surface area contributed by atoms with Crippen molar-refractivity contribution in [2.45, 2.75) is 39.7 Å². The molecule has 0 radical (unpaired) electrons. The molecule has 0 bridgehead atoms. The first kappa shape index (κ1) is 21.2. The molecule has 0 aliphatic carbocycles. The highest BCUT2D eigenvalue weighted by Crippen LogP contribution is 2.16. The van der Waals surface area contributed by atoms with Crippen LogP contribution in [0.2, 0.25) is 0 Å². The average Bonchev–Trinajstić information content (AvgIpc) is 3.03. The highest BCUT2D eigenvalue weighted by molar-refractivity contribution is 7.11. The summed E-state index contributed by atoms with van der Waals surface area (Å²) >= 11 is 1.74. The quantitative estimate of drug-likeness (QED) is 0.511. The number of benzene rings is 1. The van der Waals surface area contributed by atoms with E-state index in [1.807, 2.05) is 19.1 Å². The summed E-state index contributed by atoms with van der Waals surface area (Å²) in [4.78, 5) is 7.06. The van der Waals surface area contributed by atoms with Crippen molar-refractivity contribution in [2.75, 3.05) is 13.2 Å². The Hall–Kier alpha value is -2.06. The lowest BCUT2D eigenvalue weighted by atomic mass is 10.1. The van der Waals surface area contributed by atoms with E-state index in [-0.39, 0.29) is 6.61 Å². The highest BCUT2D eigenvalue weighted by atomic mass is 32.1. The molecule has 0 unspecified atom stereocenters. The smallest absolute Gasteiger partial charge is 0.367 e. The predicted octanol–water partition coefficient (Wildman–Crippen LogP) is 4.39. The van der Waals surface area contributed by atoms with Crippen molar-refractivity contribution < 1.29 is 17.9 Å². The first-order valence-electron chi connectivity index (χ1n) is 8.65. The van der Waals surface area contributed by atoms with Gasteiger partial charge in [0.2, 0.25) is 0 Å². The molecule has 27 heavy (non-hydrogen) atoms. The number of rotatable bonds is 8. The Balaban J connectivity index is 1.85. The summed E-state index contributed by atoms with van der Waals surface area (Å²) in [7, 11) is 0. The summed E-state index contributed by atoms with van der Waals surface area (Å²) in [5, 5.41) is 6.50. The van der Waals surface area contributed by atoms with Crippen molar-refractivity contribution in [3.63, 3.8) is 0 Å². The lowest BCUT2D eigenvalue weighted by Crippen LogP contribution is -2.36. The molecule has 0 saturated heterocycles. The van der Waals surface area contributed by atoms with Crippen LogP contribution in [0.4, 0.5) is 13.2 Å². The van der Waals surface area contributed by atoms with Crippen LogP contribution in [0.5, 0.6) is 0 Å². The van der Waals surface area contributed by atoms with Crippen LogP contribution in [0.1, 0.15) is 27.8 Å². The Morgan fingerprint density at radius 1 is 1.07 bits per heavy atom. The molecule has 148 valence electrons. The van der Waals surface area contributed by atoms with E-state index in [0.29, 0.717) is 18.7 Å². The van der Waals surface area contributed by atoms with E-state index in [4.69, 9.17) is 0 Å². The van der Waals surface area contributed by atoms with Crippen molar-refractivity contribution >= 4 is 17.3 Å². The number of alkyl halides is 3. The zero-order chi connectivity index (χ0) is 19.7. The van der Waals surface area contributed by atoms with Crippen LogP contribution in [-0.4, -0.2) is 25.3 Å². The molecule has 4 nitrogen and oxygen atoms in total. The lowest BCUT2D eigenvalue weighted by Gasteiger charge is -2.11. The molecular formula is C19H24F3N3OS. The Labute approximate surface area is 161 Å². The molecule has 2 rings (SSSR count). The highest BCUT2D eigenvalue weighted by Gasteiger charge is 2.27. The van der Waals surface area contributed by atoms with Crippen molar-refractivity contribution in [1.29, 1.82) is 0 Å². The van der Waals surface area contributed by atoms with Crippen LogP contribution >= 0.6 is 11.3 Å². The van der Waals surface area contributed by atoms with E-state index in [1.54, 1.807) is 23.5 Å². The summed E-state index contributed by atoms with van der Waals surface area (Å²) in [6, 6.07) is 11.4. The normalized spacial score (nSPS) is 12.3. The van der Waals surface area contributed by atoms with E-state index in [2.05, 4.69) is 39.4 Å². The van der Waals surface area contributed by atoms with Gasteiger partial charge in [-0.05, 0) is 37.1 Å². The average molecular weight is 399 g/mol. The summed E-state index contributed by atoms with van der Waals surface area (Å²) < 4.78 is 40.9. The molecule has 0 spiro atoms. The van der Waals surface area contributed by atoms with Gasteiger partial charge in [-0.3, -0.25) is 0 Å². The van der Waals surface area contributed by atoms with Gasteiger partial charge < -0.3 is 15.4 Å². The van der Waals surface area contributed by atoms with E-state index in [1.165, 1.54) is 9.75 Å². The lowest BCUT2D eigenvalue weighted by molar-refractivity contribution is -0.176. The first-order chi connectivity index (χ1) is 12.9. The van der Waals surface area contributed by atoms with Crippen LogP contribution in [0.3, 0.4) is 0 Å². The van der Waals surface area contributed by atoms with Gasteiger partial charge in [-0.25, -0.2) is 4.99 Å². The molecule has 2 aromatic rings. The molecule has 2 N–H and O–H groups in total. The third kappa shape index (κ3) is 8.45. The van der Waals surface area contributed by atoms with Crippen LogP contribution in [-0.2, 0) is 24.4 Å². The SMILES string of the molecule is CCNC(=NCc1ccc(COCC(F)(F)F)cc1)NCc1ccc(C)s1. The number of thiophene rings is 1. The van der Waals surface area contributed by atoms with E-state index in [0.717, 1.165) is 18.1 Å². The van der Waals surface area contributed by atoms with Crippen molar-refractivity contribution in [3.8, 4) is 0 Å². The molecule has 0 amide bonds. The van der Waals surface area contributed by atoms with Gasteiger partial charge >= 0.3 is 6.18 Å². The summed E-state index contributed by atoms with van der Waals surface area (Å²) in [5.41, 5.74) is 1.67. The minimum Gasteiger partial charge on any atom is -0.367 e. The maximum Gasteiger partial charge on any atom is 0.411 e. The maximum atomic E-state index is 12.1. The largest absolute Gasteiger partial charge is 0.411 e. The van der Waals surface area contributed by atoms with Crippen LogP contribution in [0.25, 0.3) is 0 Å². The van der Waals surface area contributed by atoms with Crippen LogP contribution in [0.15, 0.2) is 41.4 Å². The molecule has 0 fully saturated rings. The zero-order valence-corrected chi connectivity index (χ0v) is 16.2. The molecule has 1 aromatic heterocycles. The second-order valence-electron chi connectivity index (χ2n) is 5.99. The number of hydrogen-bond acceptors (Lipinski definition) is 3. The minimum absolute atomic E-state index is 0.0620. The van der Waals surface area contributed by atoms with Gasteiger partial charge in [0.15, 0.2) is 5.96 Å². The van der Waals surface area contributed by atoms with Gasteiger partial charge in [-0.1, -0.05) is 24.3 Å². The molecule has 0 aliphatic rings.